The fourth-order valence-electron chi connectivity index (χ4n) is 2.47. The van der Waals surface area contributed by atoms with Crippen LogP contribution in [0.3, 0.4) is 0 Å². The lowest BCUT2D eigenvalue weighted by Crippen LogP contribution is -2.44. The molecule has 0 bridgehead atoms. The molecule has 2 rings (SSSR count). The molecule has 0 aliphatic heterocycles. The van der Waals surface area contributed by atoms with Gasteiger partial charge in [0, 0.05) is 11.5 Å². The molecule has 1 aliphatic carbocycles. The van der Waals surface area contributed by atoms with Gasteiger partial charge in [-0.25, -0.2) is 0 Å². The highest BCUT2D eigenvalue weighted by atomic mass is 19.4. The summed E-state index contributed by atoms with van der Waals surface area (Å²) in [6.07, 6.45) is 0.242. The van der Waals surface area contributed by atoms with E-state index < -0.39 is 17.6 Å². The van der Waals surface area contributed by atoms with Crippen LogP contribution in [0.25, 0.3) is 0 Å². The molecule has 2 N–H and O–H groups in total. The molecule has 120 valence electrons. The summed E-state index contributed by atoms with van der Waals surface area (Å²) in [7, 11) is 0. The summed E-state index contributed by atoms with van der Waals surface area (Å²) in [5.74, 6) is -1.00. The molecule has 1 aromatic carbocycles. The van der Waals surface area contributed by atoms with Gasteiger partial charge in [-0.1, -0.05) is 19.3 Å². The molecule has 0 radical (unpaired) electrons. The first-order valence-corrected chi connectivity index (χ1v) is 7.15. The number of hydrazine groups is 1. The smallest absolute Gasteiger partial charge is 0.273 e. The summed E-state index contributed by atoms with van der Waals surface area (Å²) < 4.78 is 37.3. The number of rotatable bonds is 2. The molecule has 0 aromatic heterocycles. The Hall–Kier alpha value is -2.05. The van der Waals surface area contributed by atoms with Gasteiger partial charge in [-0.15, -0.1) is 0 Å². The van der Waals surface area contributed by atoms with E-state index in [0.29, 0.717) is 0 Å². The fourth-order valence-corrected chi connectivity index (χ4v) is 2.47. The summed E-state index contributed by atoms with van der Waals surface area (Å²) in [6.45, 7) is 0. The minimum atomic E-state index is -4.44. The third kappa shape index (κ3) is 4.22. The van der Waals surface area contributed by atoms with Crippen LogP contribution in [-0.4, -0.2) is 11.8 Å². The molecule has 0 atom stereocenters. The third-order valence-corrected chi connectivity index (χ3v) is 3.75. The number of nitrogens with one attached hydrogen (secondary N) is 2. The van der Waals surface area contributed by atoms with Crippen molar-refractivity contribution in [3.05, 3.63) is 35.4 Å². The predicted octanol–water partition coefficient (Wildman–Crippen LogP) is 3.05. The van der Waals surface area contributed by atoms with Crippen molar-refractivity contribution in [2.24, 2.45) is 5.92 Å². The highest BCUT2D eigenvalue weighted by Crippen LogP contribution is 2.29. The van der Waals surface area contributed by atoms with E-state index in [2.05, 4.69) is 10.9 Å². The molecular formula is C15H17F3N2O2. The number of alkyl halides is 3. The van der Waals surface area contributed by atoms with Crippen LogP contribution in [0.1, 0.15) is 48.0 Å². The number of hydrogen-bond donors (Lipinski definition) is 2. The third-order valence-electron chi connectivity index (χ3n) is 3.75. The summed E-state index contributed by atoms with van der Waals surface area (Å²) in [5, 5.41) is 0. The van der Waals surface area contributed by atoms with Gasteiger partial charge < -0.3 is 0 Å². The monoisotopic (exact) mass is 314 g/mol. The second-order valence-corrected chi connectivity index (χ2v) is 5.35. The molecular weight excluding hydrogens is 297 g/mol. The van der Waals surface area contributed by atoms with Crippen LogP contribution in [0.4, 0.5) is 13.2 Å². The van der Waals surface area contributed by atoms with Crippen molar-refractivity contribution in [1.82, 2.24) is 10.9 Å². The summed E-state index contributed by atoms with van der Waals surface area (Å²) in [6, 6.07) is 3.81. The number of hydrogen-bond acceptors (Lipinski definition) is 2. The zero-order valence-corrected chi connectivity index (χ0v) is 11.9. The highest BCUT2D eigenvalue weighted by Gasteiger charge is 2.30. The molecule has 0 heterocycles. The van der Waals surface area contributed by atoms with E-state index in [4.69, 9.17) is 0 Å². The first kappa shape index (κ1) is 16.3. The number of carbonyl (C=O) groups excluding carboxylic acids is 2. The molecule has 7 heteroatoms. The Morgan fingerprint density at radius 2 is 1.55 bits per heavy atom. The Balaban J connectivity index is 1.88. The van der Waals surface area contributed by atoms with Crippen molar-refractivity contribution in [2.45, 2.75) is 38.3 Å². The van der Waals surface area contributed by atoms with Crippen LogP contribution in [0.2, 0.25) is 0 Å². The average Bonchev–Trinajstić information content (AvgIpc) is 2.52. The van der Waals surface area contributed by atoms with Crippen molar-refractivity contribution in [1.29, 1.82) is 0 Å². The Labute approximate surface area is 126 Å². The maximum absolute atomic E-state index is 12.4. The van der Waals surface area contributed by atoms with Crippen LogP contribution >= 0.6 is 0 Å². The van der Waals surface area contributed by atoms with Crippen molar-refractivity contribution < 1.29 is 22.8 Å². The zero-order valence-electron chi connectivity index (χ0n) is 11.9. The quantitative estimate of drug-likeness (QED) is 0.824. The molecule has 1 fully saturated rings. The van der Waals surface area contributed by atoms with Crippen molar-refractivity contribution in [2.75, 3.05) is 0 Å². The van der Waals surface area contributed by atoms with E-state index in [1.165, 1.54) is 0 Å². The molecule has 1 aromatic rings. The Bertz CT molecular complexity index is 535. The molecule has 2 amide bonds. The number of halogens is 3. The number of carbonyl (C=O) groups is 2. The number of amides is 2. The number of benzene rings is 1. The average molecular weight is 314 g/mol. The molecule has 1 saturated carbocycles. The van der Waals surface area contributed by atoms with Gasteiger partial charge >= 0.3 is 6.18 Å². The molecule has 4 nitrogen and oxygen atoms in total. The van der Waals surface area contributed by atoms with E-state index in [1.807, 2.05) is 0 Å². The minimum absolute atomic E-state index is 0.0527. The first-order chi connectivity index (χ1) is 10.4. The van der Waals surface area contributed by atoms with Crippen molar-refractivity contribution in [3.63, 3.8) is 0 Å². The topological polar surface area (TPSA) is 58.2 Å². The van der Waals surface area contributed by atoms with E-state index in [1.54, 1.807) is 0 Å². The van der Waals surface area contributed by atoms with Crippen LogP contribution in [0.5, 0.6) is 0 Å². The second-order valence-electron chi connectivity index (χ2n) is 5.35. The molecule has 0 spiro atoms. The zero-order chi connectivity index (χ0) is 16.2. The van der Waals surface area contributed by atoms with Crippen molar-refractivity contribution >= 4 is 11.8 Å². The summed E-state index contributed by atoms with van der Waals surface area (Å²) in [5.41, 5.74) is 3.80. The van der Waals surface area contributed by atoms with Gasteiger partial charge in [-0.3, -0.25) is 20.4 Å². The van der Waals surface area contributed by atoms with Gasteiger partial charge in [0.05, 0.1) is 5.56 Å². The van der Waals surface area contributed by atoms with Gasteiger partial charge in [-0.05, 0) is 37.1 Å². The minimum Gasteiger partial charge on any atom is -0.273 e. The Kier molecular flexibility index (Phi) is 5.05. The van der Waals surface area contributed by atoms with Crippen LogP contribution < -0.4 is 10.9 Å². The van der Waals surface area contributed by atoms with Gasteiger partial charge in [0.15, 0.2) is 0 Å². The van der Waals surface area contributed by atoms with Gasteiger partial charge in [0.1, 0.15) is 0 Å². The Morgan fingerprint density at radius 3 is 2.09 bits per heavy atom. The van der Waals surface area contributed by atoms with Crippen LogP contribution in [0.15, 0.2) is 24.3 Å². The molecule has 0 unspecified atom stereocenters. The lowest BCUT2D eigenvalue weighted by molar-refractivity contribution is -0.137. The van der Waals surface area contributed by atoms with Crippen molar-refractivity contribution in [3.8, 4) is 0 Å². The van der Waals surface area contributed by atoms with Crippen LogP contribution in [-0.2, 0) is 11.0 Å². The second kappa shape index (κ2) is 6.81. The highest BCUT2D eigenvalue weighted by molar-refractivity contribution is 5.95. The first-order valence-electron chi connectivity index (χ1n) is 7.15. The molecule has 1 aliphatic rings. The van der Waals surface area contributed by atoms with E-state index in [-0.39, 0.29) is 17.4 Å². The fraction of sp³-hybridized carbons (Fsp3) is 0.467. The largest absolute Gasteiger partial charge is 0.416 e. The normalized spacial score (nSPS) is 16.1. The standard InChI is InChI=1S/C15H17F3N2O2/c16-15(17,18)12-8-6-11(7-9-12)14(22)20-19-13(21)10-4-2-1-3-5-10/h6-10H,1-5H2,(H,19,21)(H,20,22). The maximum Gasteiger partial charge on any atom is 0.416 e. The Morgan fingerprint density at radius 1 is 0.955 bits per heavy atom. The van der Waals surface area contributed by atoms with E-state index in [9.17, 15) is 22.8 Å². The van der Waals surface area contributed by atoms with Crippen LogP contribution in [0, 0.1) is 5.92 Å². The molecule has 0 saturated heterocycles. The molecule has 22 heavy (non-hydrogen) atoms. The maximum atomic E-state index is 12.4. The van der Waals surface area contributed by atoms with E-state index in [0.717, 1.165) is 56.4 Å². The van der Waals surface area contributed by atoms with Gasteiger partial charge in [0.25, 0.3) is 5.91 Å². The summed E-state index contributed by atoms with van der Waals surface area (Å²) in [4.78, 5) is 23.6. The van der Waals surface area contributed by atoms with E-state index >= 15 is 0 Å². The predicted molar refractivity (Wildman–Crippen MR) is 73.6 cm³/mol. The summed E-state index contributed by atoms with van der Waals surface area (Å²) >= 11 is 0. The lowest BCUT2D eigenvalue weighted by Gasteiger charge is -2.20. The SMILES string of the molecule is O=C(NNC(=O)C1CCCCC1)c1ccc(C(F)(F)F)cc1. The lowest BCUT2D eigenvalue weighted by atomic mass is 9.89. The van der Waals surface area contributed by atoms with Gasteiger partial charge in [-0.2, -0.15) is 13.2 Å². The van der Waals surface area contributed by atoms with Gasteiger partial charge in [0.2, 0.25) is 5.91 Å².